The third-order valence-electron chi connectivity index (χ3n) is 7.07. The first-order valence-electron chi connectivity index (χ1n) is 13.0. The molecule has 6 nitrogen and oxygen atoms in total. The lowest BCUT2D eigenvalue weighted by atomic mass is 9.97. The van der Waals surface area contributed by atoms with Crippen LogP contribution in [-0.4, -0.2) is 39.6 Å². The molecule has 1 aliphatic rings. The van der Waals surface area contributed by atoms with Crippen molar-refractivity contribution in [3.05, 3.63) is 76.9 Å². The van der Waals surface area contributed by atoms with Gasteiger partial charge >= 0.3 is 5.97 Å². The smallest absolute Gasteiger partial charge is 0.331 e. The summed E-state index contributed by atoms with van der Waals surface area (Å²) in [5.41, 5.74) is 5.83. The summed E-state index contributed by atoms with van der Waals surface area (Å²) in [5, 5.41) is 6.53. The molecule has 3 aromatic carbocycles. The van der Waals surface area contributed by atoms with Gasteiger partial charge < -0.3 is 14.1 Å². The average Bonchev–Trinajstić information content (AvgIpc) is 3.55. The number of hydrogen-bond acceptors (Lipinski definition) is 6. The van der Waals surface area contributed by atoms with Crippen LogP contribution >= 0.6 is 11.8 Å². The van der Waals surface area contributed by atoms with Crippen molar-refractivity contribution in [3.63, 3.8) is 0 Å². The second-order valence-corrected chi connectivity index (χ2v) is 11.1. The Hall–Kier alpha value is -3.58. The number of ketones is 1. The second kappa shape index (κ2) is 11.0. The maximum absolute atomic E-state index is 13.6. The molecule has 0 amide bonds. The Morgan fingerprint density at radius 2 is 1.71 bits per heavy atom. The fraction of sp³-hybridized carbons (Fsp3) is 0.323. The molecule has 0 spiro atoms. The standard InChI is InChI=1S/C31H32N2O4S/c1-5-33-29-12-8-22(20(3)32-37-21(4)34)16-27(29)28-17-23(9-13-30(28)33)31(35)26-11-10-24(15-19(26)2)36-18-25-7-6-14-38-25/h8-13,15-17,25H,5-7,14,18H2,1-4H3/b32-20+. The summed E-state index contributed by atoms with van der Waals surface area (Å²) >= 11 is 1.97. The van der Waals surface area contributed by atoms with Crippen LogP contribution in [0.25, 0.3) is 21.8 Å². The lowest BCUT2D eigenvalue weighted by Crippen LogP contribution is -2.11. The van der Waals surface area contributed by atoms with Crippen molar-refractivity contribution < 1.29 is 19.2 Å². The van der Waals surface area contributed by atoms with Gasteiger partial charge in [0.05, 0.1) is 5.71 Å². The fourth-order valence-corrected chi connectivity index (χ4v) is 6.26. The molecule has 4 aromatic rings. The van der Waals surface area contributed by atoms with Crippen LogP contribution in [0.15, 0.2) is 59.8 Å². The number of aromatic nitrogens is 1. The molecule has 1 atom stereocenters. The Morgan fingerprint density at radius 1 is 1.00 bits per heavy atom. The van der Waals surface area contributed by atoms with Gasteiger partial charge in [-0.25, -0.2) is 4.79 Å². The minimum absolute atomic E-state index is 0.0107. The van der Waals surface area contributed by atoms with E-state index in [0.29, 0.717) is 28.7 Å². The predicted molar refractivity (Wildman–Crippen MR) is 155 cm³/mol. The number of carbonyl (C=O) groups excluding carboxylic acids is 2. The number of nitrogens with zero attached hydrogens (tertiary/aromatic N) is 2. The zero-order valence-corrected chi connectivity index (χ0v) is 23.1. The molecule has 0 N–H and O–H groups in total. The van der Waals surface area contributed by atoms with Gasteiger partial charge in [-0.15, -0.1) is 0 Å². The van der Waals surface area contributed by atoms with E-state index in [2.05, 4.69) is 22.7 Å². The first-order chi connectivity index (χ1) is 18.4. The molecule has 1 aromatic heterocycles. The second-order valence-electron chi connectivity index (χ2n) is 9.72. The predicted octanol–water partition coefficient (Wildman–Crippen LogP) is 6.92. The highest BCUT2D eigenvalue weighted by Crippen LogP contribution is 2.32. The molecule has 1 saturated heterocycles. The van der Waals surface area contributed by atoms with E-state index in [1.54, 1.807) is 6.92 Å². The first-order valence-corrected chi connectivity index (χ1v) is 14.1. The van der Waals surface area contributed by atoms with Crippen molar-refractivity contribution in [2.24, 2.45) is 5.16 Å². The molecule has 0 radical (unpaired) electrons. The van der Waals surface area contributed by atoms with Gasteiger partial charge in [0.15, 0.2) is 5.78 Å². The minimum atomic E-state index is -0.459. The van der Waals surface area contributed by atoms with E-state index in [1.807, 2.05) is 67.2 Å². The van der Waals surface area contributed by atoms with Crippen LogP contribution < -0.4 is 4.74 Å². The molecule has 7 heteroatoms. The molecule has 196 valence electrons. The molecule has 1 unspecified atom stereocenters. The Balaban J connectivity index is 1.48. The molecule has 0 saturated carbocycles. The number of ether oxygens (including phenoxy) is 1. The lowest BCUT2D eigenvalue weighted by molar-refractivity contribution is -0.140. The SMILES string of the molecule is CCn1c2ccc(C(=O)c3ccc(OCC4CCCS4)cc3C)cc2c2cc(/C(C)=N/OC(C)=O)ccc21. The quantitative estimate of drug-likeness (QED) is 0.108. The number of rotatable bonds is 8. The molecule has 1 fully saturated rings. The van der Waals surface area contributed by atoms with Gasteiger partial charge in [0.1, 0.15) is 12.4 Å². The van der Waals surface area contributed by atoms with Gasteiger partial charge in [-0.1, -0.05) is 11.2 Å². The molecular formula is C31H32N2O4S. The van der Waals surface area contributed by atoms with Crippen LogP contribution in [0.1, 0.15) is 60.7 Å². The first kappa shape index (κ1) is 26.0. The Bertz CT molecular complexity index is 1560. The van der Waals surface area contributed by atoms with Crippen LogP contribution in [0.3, 0.4) is 0 Å². The Labute approximate surface area is 227 Å². The van der Waals surface area contributed by atoms with Crippen molar-refractivity contribution in [3.8, 4) is 5.75 Å². The normalized spacial score (nSPS) is 15.8. The number of thioether (sulfide) groups is 1. The van der Waals surface area contributed by atoms with E-state index in [4.69, 9.17) is 9.57 Å². The highest BCUT2D eigenvalue weighted by Gasteiger charge is 2.19. The van der Waals surface area contributed by atoms with Crippen LogP contribution in [0.5, 0.6) is 5.75 Å². The molecule has 0 bridgehead atoms. The lowest BCUT2D eigenvalue weighted by Gasteiger charge is -2.13. The zero-order valence-electron chi connectivity index (χ0n) is 22.2. The van der Waals surface area contributed by atoms with E-state index < -0.39 is 5.97 Å². The topological polar surface area (TPSA) is 69.9 Å². The molecule has 2 heterocycles. The summed E-state index contributed by atoms with van der Waals surface area (Å²) in [6, 6.07) is 17.7. The number of hydrogen-bond donors (Lipinski definition) is 0. The summed E-state index contributed by atoms with van der Waals surface area (Å²) in [7, 11) is 0. The van der Waals surface area contributed by atoms with E-state index >= 15 is 0 Å². The van der Waals surface area contributed by atoms with E-state index in [1.165, 1.54) is 25.5 Å². The van der Waals surface area contributed by atoms with Crippen LogP contribution in [0, 0.1) is 6.92 Å². The van der Waals surface area contributed by atoms with Crippen LogP contribution in [-0.2, 0) is 16.2 Å². The van der Waals surface area contributed by atoms with Crippen LogP contribution in [0.4, 0.5) is 0 Å². The van der Waals surface area contributed by atoms with Gasteiger partial charge in [0.2, 0.25) is 0 Å². The van der Waals surface area contributed by atoms with E-state index in [9.17, 15) is 9.59 Å². The Morgan fingerprint density at radius 3 is 2.34 bits per heavy atom. The van der Waals surface area contributed by atoms with Crippen molar-refractivity contribution in [1.29, 1.82) is 0 Å². The summed E-state index contributed by atoms with van der Waals surface area (Å²) in [5.74, 6) is 1.55. The van der Waals surface area contributed by atoms with E-state index in [0.717, 1.165) is 45.2 Å². The van der Waals surface area contributed by atoms with Gasteiger partial charge in [0.25, 0.3) is 0 Å². The van der Waals surface area contributed by atoms with E-state index in [-0.39, 0.29) is 5.78 Å². The largest absolute Gasteiger partial charge is 0.492 e. The van der Waals surface area contributed by atoms with Gasteiger partial charge in [-0.3, -0.25) is 4.79 Å². The average molecular weight is 529 g/mol. The summed E-state index contributed by atoms with van der Waals surface area (Å²) in [6.07, 6.45) is 2.46. The van der Waals surface area contributed by atoms with Crippen molar-refractivity contribution in [2.45, 2.75) is 52.3 Å². The minimum Gasteiger partial charge on any atom is -0.492 e. The number of benzene rings is 3. The summed E-state index contributed by atoms with van der Waals surface area (Å²) in [6.45, 7) is 8.71. The maximum atomic E-state index is 13.6. The number of oxime groups is 1. The molecule has 5 rings (SSSR count). The monoisotopic (exact) mass is 528 g/mol. The molecule has 38 heavy (non-hydrogen) atoms. The summed E-state index contributed by atoms with van der Waals surface area (Å²) < 4.78 is 8.26. The van der Waals surface area contributed by atoms with Crippen molar-refractivity contribution in [1.82, 2.24) is 4.57 Å². The molecular weight excluding hydrogens is 496 g/mol. The van der Waals surface area contributed by atoms with Gasteiger partial charge in [0, 0.05) is 51.7 Å². The highest BCUT2D eigenvalue weighted by atomic mass is 32.2. The van der Waals surface area contributed by atoms with Gasteiger partial charge in [-0.05, 0) is 99.0 Å². The third-order valence-corrected chi connectivity index (χ3v) is 8.44. The fourth-order valence-electron chi connectivity index (χ4n) is 5.10. The number of carbonyl (C=O) groups is 2. The summed E-state index contributed by atoms with van der Waals surface area (Å²) in [4.78, 5) is 29.6. The molecule has 1 aliphatic heterocycles. The van der Waals surface area contributed by atoms with Gasteiger partial charge in [-0.2, -0.15) is 11.8 Å². The molecule has 0 aliphatic carbocycles. The van der Waals surface area contributed by atoms with Crippen LogP contribution in [0.2, 0.25) is 0 Å². The third kappa shape index (κ3) is 5.20. The maximum Gasteiger partial charge on any atom is 0.331 e. The number of aryl methyl sites for hydroxylation is 2. The Kier molecular flexibility index (Phi) is 7.56. The zero-order chi connectivity index (χ0) is 26.8. The number of fused-ring (bicyclic) bond motifs is 3. The highest BCUT2D eigenvalue weighted by molar-refractivity contribution is 8.00. The van der Waals surface area contributed by atoms with Crippen molar-refractivity contribution >= 4 is 51.0 Å². The van der Waals surface area contributed by atoms with Crippen molar-refractivity contribution in [2.75, 3.05) is 12.4 Å².